The molecule has 154 valence electrons. The van der Waals surface area contributed by atoms with E-state index < -0.39 is 0 Å². The maximum Gasteiger partial charge on any atom is 0.115 e. The molecule has 2 aromatic heterocycles. The van der Waals surface area contributed by atoms with Gasteiger partial charge >= 0.3 is 0 Å². The Morgan fingerprint density at radius 1 is 1.20 bits per heavy atom. The van der Waals surface area contributed by atoms with Crippen molar-refractivity contribution in [2.24, 2.45) is 0 Å². The molecule has 4 rings (SSSR count). The third-order valence-electron chi connectivity index (χ3n) is 5.58. The third kappa shape index (κ3) is 4.32. The lowest BCUT2D eigenvalue weighted by Crippen LogP contribution is -2.28. The monoisotopic (exact) mass is 433 g/mol. The molecular weight excluding hydrogens is 406 g/mol. The van der Waals surface area contributed by atoms with Gasteiger partial charge in [-0.1, -0.05) is 51.1 Å². The molecule has 0 unspecified atom stereocenters. The van der Waals surface area contributed by atoms with Gasteiger partial charge in [-0.25, -0.2) is 4.98 Å². The molecule has 3 heterocycles. The molecule has 0 fully saturated rings. The van der Waals surface area contributed by atoms with Gasteiger partial charge in [0.15, 0.2) is 0 Å². The molecule has 1 aliphatic heterocycles. The molecule has 3 aromatic rings. The summed E-state index contributed by atoms with van der Waals surface area (Å²) in [6.07, 6.45) is 0.934. The van der Waals surface area contributed by atoms with E-state index >= 15 is 0 Å². The fraction of sp³-hybridized carbons (Fsp3) is 0.360. The van der Waals surface area contributed by atoms with Gasteiger partial charge in [0.1, 0.15) is 11.1 Å². The minimum absolute atomic E-state index is 0.155. The van der Waals surface area contributed by atoms with Crippen LogP contribution in [-0.4, -0.2) is 23.5 Å². The number of thiophene rings is 1. The molecule has 3 nitrogen and oxygen atoms in total. The van der Waals surface area contributed by atoms with E-state index in [-0.39, 0.29) is 5.41 Å². The van der Waals surface area contributed by atoms with E-state index in [1.807, 2.05) is 0 Å². The standard InChI is InChI=1S/C25H27N3S2/c1-25(2,3)18-9-7-17(8-10-18)16-30-24-19(14-26)23(22-6-5-13-29-22)20-15-28(4)12-11-21(20)27-24/h5-10,13H,11-12,15-16H2,1-4H3. The van der Waals surface area contributed by atoms with Gasteiger partial charge in [0.25, 0.3) is 0 Å². The molecule has 0 saturated heterocycles. The fourth-order valence-corrected chi connectivity index (χ4v) is 5.59. The normalized spacial score (nSPS) is 14.4. The smallest absolute Gasteiger partial charge is 0.115 e. The Kier molecular flexibility index (Phi) is 6.02. The summed E-state index contributed by atoms with van der Waals surface area (Å²) in [5.41, 5.74) is 6.95. The van der Waals surface area contributed by atoms with E-state index in [9.17, 15) is 5.26 Å². The first-order valence-corrected chi connectivity index (χ1v) is 12.1. The maximum atomic E-state index is 10.1. The van der Waals surface area contributed by atoms with Gasteiger partial charge in [0.05, 0.1) is 5.56 Å². The topological polar surface area (TPSA) is 39.9 Å². The van der Waals surface area contributed by atoms with Gasteiger partial charge in [-0.05, 0) is 40.6 Å². The lowest BCUT2D eigenvalue weighted by molar-refractivity contribution is 0.310. The number of pyridine rings is 1. The Labute approximate surface area is 187 Å². The molecular formula is C25H27N3S2. The minimum atomic E-state index is 0.155. The molecule has 0 atom stereocenters. The summed E-state index contributed by atoms with van der Waals surface area (Å²) in [7, 11) is 2.14. The summed E-state index contributed by atoms with van der Waals surface area (Å²) in [5.74, 6) is 0.814. The van der Waals surface area contributed by atoms with E-state index in [4.69, 9.17) is 4.98 Å². The average Bonchev–Trinajstić information content (AvgIpc) is 3.25. The fourth-order valence-electron chi connectivity index (χ4n) is 3.82. The summed E-state index contributed by atoms with van der Waals surface area (Å²) in [5, 5.41) is 13.0. The van der Waals surface area contributed by atoms with Crippen LogP contribution < -0.4 is 0 Å². The van der Waals surface area contributed by atoms with Crippen LogP contribution in [0.5, 0.6) is 0 Å². The highest BCUT2D eigenvalue weighted by Gasteiger charge is 2.25. The maximum absolute atomic E-state index is 10.1. The Morgan fingerprint density at radius 3 is 2.60 bits per heavy atom. The largest absolute Gasteiger partial charge is 0.302 e. The van der Waals surface area contributed by atoms with Crippen LogP contribution in [-0.2, 0) is 24.1 Å². The van der Waals surface area contributed by atoms with E-state index in [0.29, 0.717) is 0 Å². The number of fused-ring (bicyclic) bond motifs is 1. The van der Waals surface area contributed by atoms with Crippen molar-refractivity contribution in [3.05, 3.63) is 69.7 Å². The average molecular weight is 434 g/mol. The summed E-state index contributed by atoms with van der Waals surface area (Å²) in [4.78, 5) is 8.45. The van der Waals surface area contributed by atoms with Crippen LogP contribution in [0.2, 0.25) is 0 Å². The quantitative estimate of drug-likeness (QED) is 0.455. The predicted molar refractivity (Wildman–Crippen MR) is 127 cm³/mol. The van der Waals surface area contributed by atoms with E-state index in [2.05, 4.69) is 80.6 Å². The lowest BCUT2D eigenvalue weighted by atomic mass is 9.87. The zero-order chi connectivity index (χ0) is 21.3. The first-order chi connectivity index (χ1) is 14.4. The van der Waals surface area contributed by atoms with Gasteiger partial charge < -0.3 is 4.90 Å². The van der Waals surface area contributed by atoms with Crippen molar-refractivity contribution in [2.45, 2.75) is 49.9 Å². The predicted octanol–water partition coefficient (Wildman–Crippen LogP) is 6.26. The summed E-state index contributed by atoms with van der Waals surface area (Å²) in [6.45, 7) is 8.56. The van der Waals surface area contributed by atoms with Crippen LogP contribution in [0.25, 0.3) is 10.4 Å². The zero-order valence-electron chi connectivity index (χ0n) is 18.0. The summed E-state index contributed by atoms with van der Waals surface area (Å²) >= 11 is 3.38. The van der Waals surface area contributed by atoms with Crippen molar-refractivity contribution in [1.29, 1.82) is 5.26 Å². The van der Waals surface area contributed by atoms with Crippen molar-refractivity contribution in [2.75, 3.05) is 13.6 Å². The number of nitrogens with zero attached hydrogens (tertiary/aromatic N) is 3. The van der Waals surface area contributed by atoms with Crippen LogP contribution in [0.15, 0.2) is 46.8 Å². The number of rotatable bonds is 4. The van der Waals surface area contributed by atoms with Gasteiger partial charge in [-0.15, -0.1) is 23.1 Å². The first-order valence-electron chi connectivity index (χ1n) is 10.3. The number of thioether (sulfide) groups is 1. The molecule has 0 bridgehead atoms. The van der Waals surface area contributed by atoms with E-state index in [0.717, 1.165) is 52.0 Å². The lowest BCUT2D eigenvalue weighted by Gasteiger charge is -2.27. The second-order valence-corrected chi connectivity index (χ2v) is 10.8. The van der Waals surface area contributed by atoms with Crippen LogP contribution in [0.4, 0.5) is 0 Å². The van der Waals surface area contributed by atoms with Gasteiger partial charge in [0, 0.05) is 41.4 Å². The Balaban J connectivity index is 1.69. The third-order valence-corrected chi connectivity index (χ3v) is 7.52. The van der Waals surface area contributed by atoms with Gasteiger partial charge in [0.2, 0.25) is 0 Å². The molecule has 0 aliphatic carbocycles. The molecule has 1 aromatic carbocycles. The minimum Gasteiger partial charge on any atom is -0.302 e. The number of aromatic nitrogens is 1. The molecule has 0 spiro atoms. The van der Waals surface area contributed by atoms with Crippen molar-refractivity contribution >= 4 is 23.1 Å². The van der Waals surface area contributed by atoms with E-state index in [1.165, 1.54) is 16.7 Å². The molecule has 1 aliphatic rings. The van der Waals surface area contributed by atoms with Crippen molar-refractivity contribution < 1.29 is 0 Å². The summed E-state index contributed by atoms with van der Waals surface area (Å²) in [6, 6.07) is 15.5. The number of likely N-dealkylation sites (N-methyl/N-ethyl adjacent to an activating group) is 1. The van der Waals surface area contributed by atoms with Crippen LogP contribution in [0.1, 0.15) is 48.7 Å². The zero-order valence-corrected chi connectivity index (χ0v) is 19.7. The Hall–Kier alpha value is -2.13. The van der Waals surface area contributed by atoms with Crippen LogP contribution in [0, 0.1) is 11.3 Å². The highest BCUT2D eigenvalue weighted by Crippen LogP contribution is 2.39. The number of nitriles is 1. The van der Waals surface area contributed by atoms with Crippen molar-refractivity contribution in [3.8, 4) is 16.5 Å². The molecule has 0 radical (unpaired) electrons. The van der Waals surface area contributed by atoms with Crippen molar-refractivity contribution in [1.82, 2.24) is 9.88 Å². The van der Waals surface area contributed by atoms with E-state index in [1.54, 1.807) is 23.1 Å². The first kappa shape index (κ1) is 21.1. The Morgan fingerprint density at radius 2 is 1.97 bits per heavy atom. The number of hydrogen-bond acceptors (Lipinski definition) is 5. The molecule has 0 saturated carbocycles. The summed E-state index contributed by atoms with van der Waals surface area (Å²) < 4.78 is 0. The van der Waals surface area contributed by atoms with Crippen LogP contribution in [0.3, 0.4) is 0 Å². The second kappa shape index (κ2) is 8.55. The molecule has 30 heavy (non-hydrogen) atoms. The number of benzene rings is 1. The van der Waals surface area contributed by atoms with Gasteiger partial charge in [-0.2, -0.15) is 5.26 Å². The number of hydrogen-bond donors (Lipinski definition) is 0. The molecule has 0 N–H and O–H groups in total. The SMILES string of the molecule is CN1CCc2nc(SCc3ccc(C(C)(C)C)cc3)c(C#N)c(-c3cccs3)c2C1. The van der Waals surface area contributed by atoms with Gasteiger partial charge in [-0.3, -0.25) is 0 Å². The highest BCUT2D eigenvalue weighted by atomic mass is 32.2. The molecule has 0 amide bonds. The van der Waals surface area contributed by atoms with Crippen molar-refractivity contribution in [3.63, 3.8) is 0 Å². The highest BCUT2D eigenvalue weighted by molar-refractivity contribution is 7.98. The second-order valence-electron chi connectivity index (χ2n) is 8.90. The van der Waals surface area contributed by atoms with Crippen LogP contribution >= 0.6 is 23.1 Å². The Bertz CT molecular complexity index is 1070. The molecule has 5 heteroatoms.